The van der Waals surface area contributed by atoms with Crippen LogP contribution in [-0.2, 0) is 0 Å². The molecule has 0 aliphatic rings. The monoisotopic (exact) mass is 631 g/mol. The molecule has 10 rings (SSSR count). The van der Waals surface area contributed by atoms with E-state index in [9.17, 15) is 0 Å². The normalized spacial score (nSPS) is 11.8. The van der Waals surface area contributed by atoms with Crippen LogP contribution >= 0.6 is 11.3 Å². The van der Waals surface area contributed by atoms with Crippen molar-refractivity contribution in [3.63, 3.8) is 0 Å². The van der Waals surface area contributed by atoms with E-state index in [0.717, 1.165) is 60.5 Å². The van der Waals surface area contributed by atoms with E-state index < -0.39 is 0 Å². The van der Waals surface area contributed by atoms with Gasteiger partial charge < -0.3 is 4.42 Å². The SMILES string of the molecule is c1ccc(-c2nc(-c3cc(-c4cccc5oc6ccccc6c45)c4ccccc4c3)nc(-c3cccc4c3sc3ccccc34)n2)cc1. The summed E-state index contributed by atoms with van der Waals surface area (Å²) >= 11 is 1.78. The second kappa shape index (κ2) is 10.7. The molecule has 224 valence electrons. The predicted octanol–water partition coefficient (Wildman–Crippen LogP) is 12.0. The number of thiophene rings is 1. The summed E-state index contributed by atoms with van der Waals surface area (Å²) in [5.74, 6) is 1.94. The summed E-state index contributed by atoms with van der Waals surface area (Å²) in [4.78, 5) is 15.5. The molecule has 0 saturated heterocycles. The van der Waals surface area contributed by atoms with Crippen LogP contribution in [0.15, 0.2) is 156 Å². The summed E-state index contributed by atoms with van der Waals surface area (Å²) in [5.41, 5.74) is 6.85. The molecule has 0 aliphatic heterocycles. The fourth-order valence-corrected chi connectivity index (χ4v) is 8.14. The van der Waals surface area contributed by atoms with Gasteiger partial charge in [-0.15, -0.1) is 11.3 Å². The van der Waals surface area contributed by atoms with Gasteiger partial charge in [-0.1, -0.05) is 115 Å². The minimum absolute atomic E-state index is 0.633. The molecule has 0 fully saturated rings. The lowest BCUT2D eigenvalue weighted by Gasteiger charge is -2.13. The third-order valence-electron chi connectivity index (χ3n) is 9.13. The van der Waals surface area contributed by atoms with Gasteiger partial charge in [0.25, 0.3) is 0 Å². The van der Waals surface area contributed by atoms with E-state index in [1.165, 1.54) is 20.2 Å². The van der Waals surface area contributed by atoms with Crippen LogP contribution in [0, 0.1) is 0 Å². The fraction of sp³-hybridized carbons (Fsp3) is 0. The Morgan fingerprint density at radius 3 is 1.96 bits per heavy atom. The summed E-state index contributed by atoms with van der Waals surface area (Å²) in [7, 11) is 0. The van der Waals surface area contributed by atoms with Gasteiger partial charge in [-0.3, -0.25) is 0 Å². The maximum Gasteiger partial charge on any atom is 0.165 e. The van der Waals surface area contributed by atoms with Crippen LogP contribution in [0.3, 0.4) is 0 Å². The van der Waals surface area contributed by atoms with Crippen molar-refractivity contribution in [2.75, 3.05) is 0 Å². The zero-order valence-electron chi connectivity index (χ0n) is 25.6. The molecule has 0 unspecified atom stereocenters. The Kier molecular flexibility index (Phi) is 6.01. The number of fused-ring (bicyclic) bond motifs is 7. The second-order valence-corrected chi connectivity index (χ2v) is 13.0. The Labute approximate surface area is 279 Å². The van der Waals surface area contributed by atoms with Crippen LogP contribution < -0.4 is 0 Å². The van der Waals surface area contributed by atoms with Gasteiger partial charge >= 0.3 is 0 Å². The van der Waals surface area contributed by atoms with E-state index in [2.05, 4.69) is 115 Å². The molecule has 0 atom stereocenters. The molecule has 0 saturated carbocycles. The molecule has 10 aromatic rings. The van der Waals surface area contributed by atoms with Crippen LogP contribution in [-0.4, -0.2) is 15.0 Å². The van der Waals surface area contributed by atoms with Crippen LogP contribution in [0.5, 0.6) is 0 Å². The number of para-hydroxylation sites is 1. The summed E-state index contributed by atoms with van der Waals surface area (Å²) in [6.45, 7) is 0. The third-order valence-corrected chi connectivity index (χ3v) is 10.3. The lowest BCUT2D eigenvalue weighted by Crippen LogP contribution is -2.00. The van der Waals surface area contributed by atoms with Gasteiger partial charge in [-0.25, -0.2) is 15.0 Å². The van der Waals surface area contributed by atoms with Gasteiger partial charge in [0.2, 0.25) is 0 Å². The highest BCUT2D eigenvalue weighted by atomic mass is 32.1. The standard InChI is InChI=1S/C43H25N3OS/c1-2-12-26(13-3-1)41-44-42(46-43(45-41)34-20-10-19-32-30-16-7-9-23-38(30)48-40(32)34)28-24-27-14-4-5-15-29(27)35(25-28)31-18-11-22-37-39(31)33-17-6-8-21-36(33)47-37/h1-25H. The molecule has 48 heavy (non-hydrogen) atoms. The molecule has 5 heteroatoms. The quantitative estimate of drug-likeness (QED) is 0.194. The molecular weight excluding hydrogens is 607 g/mol. The molecule has 3 aromatic heterocycles. The van der Waals surface area contributed by atoms with E-state index in [0.29, 0.717) is 17.5 Å². The molecule has 3 heterocycles. The number of hydrogen-bond acceptors (Lipinski definition) is 5. The summed E-state index contributed by atoms with van der Waals surface area (Å²) in [6, 6.07) is 52.6. The highest BCUT2D eigenvalue weighted by Crippen LogP contribution is 2.42. The molecule has 0 N–H and O–H groups in total. The Morgan fingerprint density at radius 2 is 1.06 bits per heavy atom. The summed E-state index contributed by atoms with van der Waals surface area (Å²) < 4.78 is 8.72. The number of hydrogen-bond donors (Lipinski definition) is 0. The van der Waals surface area contributed by atoms with Crippen molar-refractivity contribution in [2.45, 2.75) is 0 Å². The Hall–Kier alpha value is -6.17. The Bertz CT molecular complexity index is 2850. The molecule has 7 aromatic carbocycles. The van der Waals surface area contributed by atoms with E-state index >= 15 is 0 Å². The molecule has 0 amide bonds. The van der Waals surface area contributed by atoms with Crippen molar-refractivity contribution >= 4 is 64.2 Å². The minimum Gasteiger partial charge on any atom is -0.456 e. The average Bonchev–Trinajstić information content (AvgIpc) is 3.73. The van der Waals surface area contributed by atoms with Gasteiger partial charge in [0, 0.05) is 47.6 Å². The van der Waals surface area contributed by atoms with Crippen molar-refractivity contribution in [1.82, 2.24) is 15.0 Å². The molecule has 0 radical (unpaired) electrons. The Balaban J connectivity index is 1.25. The van der Waals surface area contributed by atoms with Crippen molar-refractivity contribution in [1.29, 1.82) is 0 Å². The number of furan rings is 1. The predicted molar refractivity (Wildman–Crippen MR) is 199 cm³/mol. The molecular formula is C43H25N3OS. The van der Waals surface area contributed by atoms with Crippen molar-refractivity contribution < 1.29 is 4.42 Å². The minimum atomic E-state index is 0.633. The van der Waals surface area contributed by atoms with Gasteiger partial charge in [0.05, 0.1) is 0 Å². The first-order valence-corrected chi connectivity index (χ1v) is 16.8. The van der Waals surface area contributed by atoms with Gasteiger partial charge in [0.15, 0.2) is 17.5 Å². The first-order valence-electron chi connectivity index (χ1n) is 15.9. The van der Waals surface area contributed by atoms with E-state index in [-0.39, 0.29) is 0 Å². The smallest absolute Gasteiger partial charge is 0.165 e. The largest absolute Gasteiger partial charge is 0.456 e. The van der Waals surface area contributed by atoms with Crippen LogP contribution in [0.25, 0.3) is 98.2 Å². The van der Waals surface area contributed by atoms with Crippen molar-refractivity contribution in [3.8, 4) is 45.3 Å². The number of rotatable bonds is 4. The zero-order valence-corrected chi connectivity index (χ0v) is 26.4. The van der Waals surface area contributed by atoms with Gasteiger partial charge in [-0.05, 0) is 58.3 Å². The van der Waals surface area contributed by atoms with Gasteiger partial charge in [0.1, 0.15) is 11.2 Å². The maximum absolute atomic E-state index is 6.30. The van der Waals surface area contributed by atoms with Gasteiger partial charge in [-0.2, -0.15) is 0 Å². The van der Waals surface area contributed by atoms with Crippen LogP contribution in [0.4, 0.5) is 0 Å². The molecule has 0 spiro atoms. The third kappa shape index (κ3) is 4.25. The zero-order chi connectivity index (χ0) is 31.6. The summed E-state index contributed by atoms with van der Waals surface area (Å²) in [5, 5.41) is 6.94. The Morgan fingerprint density at radius 1 is 0.417 bits per heavy atom. The second-order valence-electron chi connectivity index (χ2n) is 12.0. The summed E-state index contributed by atoms with van der Waals surface area (Å²) in [6.07, 6.45) is 0. The lowest BCUT2D eigenvalue weighted by molar-refractivity contribution is 0.669. The van der Waals surface area contributed by atoms with Crippen molar-refractivity contribution in [2.24, 2.45) is 0 Å². The topological polar surface area (TPSA) is 51.8 Å². The molecule has 4 nitrogen and oxygen atoms in total. The number of nitrogens with zero attached hydrogens (tertiary/aromatic N) is 3. The van der Waals surface area contributed by atoms with E-state index in [1.807, 2.05) is 36.4 Å². The maximum atomic E-state index is 6.30. The molecule has 0 aliphatic carbocycles. The van der Waals surface area contributed by atoms with E-state index in [1.54, 1.807) is 11.3 Å². The highest BCUT2D eigenvalue weighted by Gasteiger charge is 2.19. The fourth-order valence-electron chi connectivity index (χ4n) is 6.93. The highest BCUT2D eigenvalue weighted by molar-refractivity contribution is 7.26. The average molecular weight is 632 g/mol. The number of benzene rings is 7. The van der Waals surface area contributed by atoms with Crippen molar-refractivity contribution in [3.05, 3.63) is 152 Å². The van der Waals surface area contributed by atoms with Crippen LogP contribution in [0.1, 0.15) is 0 Å². The lowest BCUT2D eigenvalue weighted by atomic mass is 9.92. The van der Waals surface area contributed by atoms with Crippen LogP contribution in [0.2, 0.25) is 0 Å². The first-order chi connectivity index (χ1) is 23.8. The number of aromatic nitrogens is 3. The van der Waals surface area contributed by atoms with E-state index in [4.69, 9.17) is 19.4 Å². The first kappa shape index (κ1) is 27.0. The molecule has 0 bridgehead atoms.